The first kappa shape index (κ1) is 19.6. The molecule has 1 fully saturated rings. The Labute approximate surface area is 147 Å². The molecule has 7 heteroatoms. The van der Waals surface area contributed by atoms with Crippen LogP contribution in [0.4, 0.5) is 13.2 Å². The Kier molecular flexibility index (Phi) is 7.11. The fourth-order valence-electron chi connectivity index (χ4n) is 2.86. The molecular weight excluding hydrogens is 331 g/mol. The van der Waals surface area contributed by atoms with E-state index in [-0.39, 0.29) is 0 Å². The van der Waals surface area contributed by atoms with E-state index in [1.165, 1.54) is 12.1 Å². The maximum atomic E-state index is 12.6. The van der Waals surface area contributed by atoms with Crippen LogP contribution in [0.3, 0.4) is 0 Å². The second-order valence-corrected chi connectivity index (χ2v) is 6.01. The average molecular weight is 357 g/mol. The Balaban J connectivity index is 1.98. The maximum Gasteiger partial charge on any atom is 0.416 e. The number of piperidine rings is 1. The summed E-state index contributed by atoms with van der Waals surface area (Å²) in [6, 6.07) is 5.17. The lowest BCUT2D eigenvalue weighted by molar-refractivity contribution is -0.137. The topological polar surface area (TPSA) is 36.9 Å². The summed E-state index contributed by atoms with van der Waals surface area (Å²) in [5, 5.41) is 3.26. The lowest BCUT2D eigenvalue weighted by Gasteiger charge is -2.34. The van der Waals surface area contributed by atoms with Gasteiger partial charge in [0.25, 0.3) is 0 Å². The first-order valence-corrected chi connectivity index (χ1v) is 8.75. The van der Waals surface area contributed by atoms with Crippen LogP contribution >= 0.6 is 0 Å². The van der Waals surface area contributed by atoms with Gasteiger partial charge in [-0.15, -0.1) is 0 Å². The molecule has 4 nitrogen and oxygen atoms in total. The van der Waals surface area contributed by atoms with Crippen molar-refractivity contribution in [2.45, 2.75) is 45.5 Å². The van der Waals surface area contributed by atoms with Crippen LogP contribution in [0.5, 0.6) is 0 Å². The zero-order valence-electron chi connectivity index (χ0n) is 14.8. The number of nitrogens with zero attached hydrogens (tertiary/aromatic N) is 2. The Morgan fingerprint density at radius 1 is 1.20 bits per heavy atom. The van der Waals surface area contributed by atoms with Gasteiger partial charge in [-0.25, -0.2) is 4.99 Å². The number of halogens is 3. The summed E-state index contributed by atoms with van der Waals surface area (Å²) in [6.07, 6.45) is -2.09. The van der Waals surface area contributed by atoms with E-state index in [2.05, 4.69) is 15.2 Å². The van der Waals surface area contributed by atoms with E-state index in [0.717, 1.165) is 62.7 Å². The molecule has 25 heavy (non-hydrogen) atoms. The second-order valence-electron chi connectivity index (χ2n) is 6.01. The largest absolute Gasteiger partial charge is 0.416 e. The van der Waals surface area contributed by atoms with Crippen molar-refractivity contribution in [3.8, 4) is 0 Å². The van der Waals surface area contributed by atoms with Crippen LogP contribution in [0.2, 0.25) is 0 Å². The quantitative estimate of drug-likeness (QED) is 0.645. The third-order valence-corrected chi connectivity index (χ3v) is 4.17. The van der Waals surface area contributed by atoms with Crippen LogP contribution in [-0.4, -0.2) is 43.2 Å². The van der Waals surface area contributed by atoms with E-state index in [1.54, 1.807) is 0 Å². The van der Waals surface area contributed by atoms with E-state index >= 15 is 0 Å². The molecule has 0 radical (unpaired) electrons. The number of nitrogens with one attached hydrogen (secondary N) is 1. The number of guanidine groups is 1. The number of aliphatic imine (C=N–C) groups is 1. The Hall–Kier alpha value is -1.76. The lowest BCUT2D eigenvalue weighted by atomic mass is 10.1. The molecule has 1 N–H and O–H groups in total. The number of hydrogen-bond donors (Lipinski definition) is 1. The van der Waals surface area contributed by atoms with Crippen molar-refractivity contribution < 1.29 is 17.9 Å². The molecule has 2 rings (SSSR count). The van der Waals surface area contributed by atoms with E-state index in [0.29, 0.717) is 12.6 Å². The number of hydrogen-bond acceptors (Lipinski definition) is 2. The minimum Gasteiger partial charge on any atom is -0.378 e. The monoisotopic (exact) mass is 357 g/mol. The van der Waals surface area contributed by atoms with Gasteiger partial charge in [0.05, 0.1) is 18.2 Å². The van der Waals surface area contributed by atoms with Gasteiger partial charge in [-0.2, -0.15) is 13.2 Å². The van der Waals surface area contributed by atoms with Crippen LogP contribution in [-0.2, 0) is 17.5 Å². The van der Waals surface area contributed by atoms with E-state index in [9.17, 15) is 13.2 Å². The van der Waals surface area contributed by atoms with Crippen molar-refractivity contribution in [1.82, 2.24) is 10.2 Å². The highest BCUT2D eigenvalue weighted by Gasteiger charge is 2.29. The SMILES string of the molecule is CCNC(=NCc1ccc(C(F)(F)F)cc1)N1CCC(OCC)CC1. The fourth-order valence-corrected chi connectivity index (χ4v) is 2.86. The summed E-state index contributed by atoms with van der Waals surface area (Å²) in [5.41, 5.74) is 0.123. The molecule has 0 aliphatic carbocycles. The summed E-state index contributed by atoms with van der Waals surface area (Å²) in [4.78, 5) is 6.76. The molecule has 0 atom stereocenters. The lowest BCUT2D eigenvalue weighted by Crippen LogP contribution is -2.47. The first-order chi connectivity index (χ1) is 11.9. The molecule has 0 amide bonds. The Morgan fingerprint density at radius 3 is 2.36 bits per heavy atom. The molecule has 0 unspecified atom stereocenters. The summed E-state index contributed by atoms with van der Waals surface area (Å²) >= 11 is 0. The van der Waals surface area contributed by atoms with Crippen LogP contribution < -0.4 is 5.32 Å². The van der Waals surface area contributed by atoms with Gasteiger partial charge < -0.3 is 15.0 Å². The minimum absolute atomic E-state index is 0.305. The van der Waals surface area contributed by atoms with Crippen LogP contribution in [0.25, 0.3) is 0 Å². The van der Waals surface area contributed by atoms with Crippen molar-refractivity contribution in [3.63, 3.8) is 0 Å². The van der Waals surface area contributed by atoms with Gasteiger partial charge in [-0.3, -0.25) is 0 Å². The summed E-state index contributed by atoms with van der Waals surface area (Å²) < 4.78 is 43.5. The molecule has 0 spiro atoms. The minimum atomic E-state index is -4.30. The van der Waals surface area contributed by atoms with E-state index in [4.69, 9.17) is 4.74 Å². The molecule has 1 saturated heterocycles. The Morgan fingerprint density at radius 2 is 1.84 bits per heavy atom. The third kappa shape index (κ3) is 5.92. The van der Waals surface area contributed by atoms with Gasteiger partial charge in [0, 0.05) is 26.2 Å². The van der Waals surface area contributed by atoms with Gasteiger partial charge in [0.1, 0.15) is 0 Å². The molecule has 140 valence electrons. The van der Waals surface area contributed by atoms with Crippen LogP contribution in [0.1, 0.15) is 37.8 Å². The highest BCUT2D eigenvalue weighted by atomic mass is 19.4. The average Bonchev–Trinajstić information content (AvgIpc) is 2.59. The van der Waals surface area contributed by atoms with Crippen molar-refractivity contribution in [1.29, 1.82) is 0 Å². The maximum absolute atomic E-state index is 12.6. The van der Waals surface area contributed by atoms with E-state index in [1.807, 2.05) is 13.8 Å². The van der Waals surface area contributed by atoms with Crippen molar-refractivity contribution in [2.75, 3.05) is 26.2 Å². The summed E-state index contributed by atoms with van der Waals surface area (Å²) in [5.74, 6) is 0.803. The normalized spacial score (nSPS) is 17.0. The third-order valence-electron chi connectivity index (χ3n) is 4.17. The molecular formula is C18H26F3N3O. The van der Waals surface area contributed by atoms with Crippen LogP contribution in [0.15, 0.2) is 29.3 Å². The van der Waals surface area contributed by atoms with Gasteiger partial charge in [0.15, 0.2) is 5.96 Å². The molecule has 0 saturated carbocycles. The molecule has 1 aliphatic rings. The van der Waals surface area contributed by atoms with Crippen molar-refractivity contribution >= 4 is 5.96 Å². The highest BCUT2D eigenvalue weighted by Crippen LogP contribution is 2.29. The first-order valence-electron chi connectivity index (χ1n) is 8.75. The van der Waals surface area contributed by atoms with Crippen molar-refractivity contribution in [3.05, 3.63) is 35.4 Å². The summed E-state index contributed by atoms with van der Waals surface area (Å²) in [7, 11) is 0. The fraction of sp³-hybridized carbons (Fsp3) is 0.611. The smallest absolute Gasteiger partial charge is 0.378 e. The molecule has 1 heterocycles. The standard InChI is InChI=1S/C18H26F3N3O/c1-3-22-17(24-11-9-16(10-12-24)25-4-2)23-13-14-5-7-15(8-6-14)18(19,20)21/h5-8,16H,3-4,9-13H2,1-2H3,(H,22,23). The number of benzene rings is 1. The predicted octanol–water partition coefficient (Wildman–Crippen LogP) is 3.67. The molecule has 0 aromatic heterocycles. The van der Waals surface area contributed by atoms with E-state index < -0.39 is 11.7 Å². The molecule has 1 aromatic rings. The van der Waals surface area contributed by atoms with Gasteiger partial charge in [-0.05, 0) is 44.4 Å². The number of rotatable bonds is 5. The zero-order chi connectivity index (χ0) is 18.3. The zero-order valence-corrected chi connectivity index (χ0v) is 14.8. The molecule has 1 aliphatic heterocycles. The molecule has 0 bridgehead atoms. The molecule has 1 aromatic carbocycles. The number of alkyl halides is 3. The van der Waals surface area contributed by atoms with Gasteiger partial charge in [0.2, 0.25) is 0 Å². The predicted molar refractivity (Wildman–Crippen MR) is 92.5 cm³/mol. The van der Waals surface area contributed by atoms with Gasteiger partial charge >= 0.3 is 6.18 Å². The van der Waals surface area contributed by atoms with Crippen molar-refractivity contribution in [2.24, 2.45) is 4.99 Å². The second kappa shape index (κ2) is 9.08. The number of ether oxygens (including phenoxy) is 1. The summed E-state index contributed by atoms with van der Waals surface area (Å²) in [6.45, 7) is 7.56. The highest BCUT2D eigenvalue weighted by molar-refractivity contribution is 5.80. The Bertz CT molecular complexity index is 550. The van der Waals surface area contributed by atoms with Crippen LogP contribution in [0, 0.1) is 0 Å². The van der Waals surface area contributed by atoms with Gasteiger partial charge in [-0.1, -0.05) is 12.1 Å². The number of likely N-dealkylation sites (tertiary alicyclic amines) is 1.